The molecule has 38 heavy (non-hydrogen) atoms. The van der Waals surface area contributed by atoms with Crippen molar-refractivity contribution in [1.29, 1.82) is 0 Å². The summed E-state index contributed by atoms with van der Waals surface area (Å²) >= 11 is 0. The average Bonchev–Trinajstić information content (AvgIpc) is 2.74. The lowest BCUT2D eigenvalue weighted by atomic mass is 10.2. The summed E-state index contributed by atoms with van der Waals surface area (Å²) in [4.78, 5) is 3.89. The molecule has 0 aliphatic rings. The lowest BCUT2D eigenvalue weighted by Crippen LogP contribution is -2.23. The summed E-state index contributed by atoms with van der Waals surface area (Å²) in [6.45, 7) is 14.6. The van der Waals surface area contributed by atoms with Gasteiger partial charge in [-0.05, 0) is 103 Å². The number of rotatable bonds is 5. The third-order valence-corrected chi connectivity index (χ3v) is 7.54. The molecule has 0 atom stereocenters. The van der Waals surface area contributed by atoms with Crippen molar-refractivity contribution in [2.75, 3.05) is 0 Å². The molecule has 3 aromatic rings. The van der Waals surface area contributed by atoms with E-state index >= 15 is 0 Å². The second-order valence-corrected chi connectivity index (χ2v) is 13.8. The van der Waals surface area contributed by atoms with Gasteiger partial charge in [-0.2, -0.15) is 21.6 Å². The van der Waals surface area contributed by atoms with Crippen LogP contribution in [0.4, 0.5) is 13.2 Å². The van der Waals surface area contributed by atoms with Crippen LogP contribution >= 0.6 is 0 Å². The Bertz CT molecular complexity index is 1230. The van der Waals surface area contributed by atoms with Gasteiger partial charge in [-0.3, -0.25) is 4.55 Å². The normalized spacial score (nSPS) is 12.5. The molecule has 0 saturated heterocycles. The first-order valence-electron chi connectivity index (χ1n) is 11.7. The minimum absolute atomic E-state index is 0.200. The van der Waals surface area contributed by atoms with Crippen LogP contribution in [0.2, 0.25) is 0 Å². The minimum atomic E-state index is -5.84. The van der Waals surface area contributed by atoms with Gasteiger partial charge >= 0.3 is 15.6 Å². The smallest absolute Gasteiger partial charge is 0.488 e. The second kappa shape index (κ2) is 12.0. The van der Waals surface area contributed by atoms with Crippen LogP contribution in [0.1, 0.15) is 47.1 Å². The molecule has 0 bridgehead atoms. The number of halogens is 3. The molecule has 1 N–H and O–H groups in total. The minimum Gasteiger partial charge on any atom is -0.488 e. The molecule has 0 aliphatic heterocycles. The van der Waals surface area contributed by atoms with E-state index in [1.54, 1.807) is 0 Å². The van der Waals surface area contributed by atoms with Crippen LogP contribution in [0.3, 0.4) is 0 Å². The molecule has 0 amide bonds. The number of aryl methyl sites for hydroxylation is 1. The Morgan fingerprint density at radius 3 is 1.32 bits per heavy atom. The summed E-state index contributed by atoms with van der Waals surface area (Å²) in [5, 5.41) is 0. The summed E-state index contributed by atoms with van der Waals surface area (Å²) in [5.41, 5.74) is -4.65. The average molecular weight is 572 g/mol. The SMILES string of the molecule is Cc1ccccc1[S+](c1ccc(OC(C)(C)C)cc1)c1ccc(OC(C)(C)C)cc1.O=S(=O)(O)C(F)(F)F. The molecule has 0 saturated carbocycles. The highest BCUT2D eigenvalue weighted by Gasteiger charge is 2.44. The van der Waals surface area contributed by atoms with Crippen molar-refractivity contribution in [2.24, 2.45) is 0 Å². The molecule has 0 radical (unpaired) electrons. The molecule has 0 spiro atoms. The number of hydrogen-bond acceptors (Lipinski definition) is 4. The molecular weight excluding hydrogens is 537 g/mol. The van der Waals surface area contributed by atoms with Crippen molar-refractivity contribution < 1.29 is 35.6 Å². The maximum absolute atomic E-state index is 10.7. The standard InChI is InChI=1S/C27H33O2S.CHF3O3S/c1-20-10-8-9-11-25(20)30(23-16-12-21(13-17-23)28-26(2,3)4)24-18-14-22(15-19-24)29-27(5,6)7;2-1(3,4)8(5,6)7/h8-19H,1-7H3;(H,5,6,7)/q+1;. The monoisotopic (exact) mass is 571 g/mol. The van der Waals surface area contributed by atoms with Crippen molar-refractivity contribution in [1.82, 2.24) is 0 Å². The fourth-order valence-corrected chi connectivity index (χ4v) is 5.37. The van der Waals surface area contributed by atoms with Crippen molar-refractivity contribution >= 4 is 21.0 Å². The Morgan fingerprint density at radius 2 is 1.03 bits per heavy atom. The zero-order valence-electron chi connectivity index (χ0n) is 22.5. The highest BCUT2D eigenvalue weighted by atomic mass is 32.2. The Labute approximate surface area is 226 Å². The number of benzene rings is 3. The molecule has 3 rings (SSSR count). The van der Waals surface area contributed by atoms with Gasteiger partial charge in [0.25, 0.3) is 0 Å². The molecule has 0 fully saturated rings. The van der Waals surface area contributed by atoms with Crippen molar-refractivity contribution in [3.63, 3.8) is 0 Å². The summed E-state index contributed by atoms with van der Waals surface area (Å²) in [6.07, 6.45) is 0. The molecule has 0 heterocycles. The Hall–Kier alpha value is -2.69. The van der Waals surface area contributed by atoms with Gasteiger partial charge in [0.15, 0.2) is 14.7 Å². The third-order valence-electron chi connectivity index (χ3n) is 4.57. The summed E-state index contributed by atoms with van der Waals surface area (Å²) in [7, 11) is -6.04. The van der Waals surface area contributed by atoms with Crippen LogP contribution in [-0.4, -0.2) is 29.7 Å². The summed E-state index contributed by atoms with van der Waals surface area (Å²) < 4.78 is 69.6. The number of alkyl halides is 3. The quantitative estimate of drug-likeness (QED) is 0.192. The number of hydrogen-bond donors (Lipinski definition) is 1. The van der Waals surface area contributed by atoms with Crippen molar-refractivity contribution in [3.8, 4) is 11.5 Å². The highest BCUT2D eigenvalue weighted by Crippen LogP contribution is 2.35. The lowest BCUT2D eigenvalue weighted by molar-refractivity contribution is -0.0510. The van der Waals surface area contributed by atoms with Gasteiger partial charge in [-0.25, -0.2) is 0 Å². The van der Waals surface area contributed by atoms with Gasteiger partial charge in [0.1, 0.15) is 22.7 Å². The predicted octanol–water partition coefficient (Wildman–Crippen LogP) is 7.84. The Morgan fingerprint density at radius 1 is 0.684 bits per heavy atom. The van der Waals surface area contributed by atoms with E-state index in [9.17, 15) is 13.2 Å². The van der Waals surface area contributed by atoms with Gasteiger partial charge < -0.3 is 9.47 Å². The first-order chi connectivity index (χ1) is 17.3. The molecule has 5 nitrogen and oxygen atoms in total. The van der Waals surface area contributed by atoms with Gasteiger partial charge in [-0.1, -0.05) is 18.2 Å². The maximum atomic E-state index is 10.7. The van der Waals surface area contributed by atoms with Gasteiger partial charge in [0.05, 0.1) is 10.9 Å². The van der Waals surface area contributed by atoms with Crippen LogP contribution in [-0.2, 0) is 21.0 Å². The van der Waals surface area contributed by atoms with E-state index in [0.29, 0.717) is 0 Å². The molecule has 0 aromatic heterocycles. The predicted molar refractivity (Wildman–Crippen MR) is 145 cm³/mol. The van der Waals surface area contributed by atoms with Crippen LogP contribution in [0.5, 0.6) is 11.5 Å². The summed E-state index contributed by atoms with van der Waals surface area (Å²) in [5.74, 6) is 1.79. The van der Waals surface area contributed by atoms with Crippen LogP contribution in [0, 0.1) is 6.92 Å². The van der Waals surface area contributed by atoms with Gasteiger partial charge in [0.2, 0.25) is 0 Å². The van der Waals surface area contributed by atoms with Gasteiger partial charge in [0, 0.05) is 5.56 Å². The third kappa shape index (κ3) is 9.89. The molecule has 0 aliphatic carbocycles. The molecule has 10 heteroatoms. The van der Waals surface area contributed by atoms with Crippen molar-refractivity contribution in [2.45, 2.75) is 79.9 Å². The molecule has 3 aromatic carbocycles. The van der Waals surface area contributed by atoms with Crippen LogP contribution < -0.4 is 9.47 Å². The van der Waals surface area contributed by atoms with E-state index in [1.165, 1.54) is 20.2 Å². The van der Waals surface area contributed by atoms with Gasteiger partial charge in [-0.15, -0.1) is 0 Å². The topological polar surface area (TPSA) is 72.8 Å². The van der Waals surface area contributed by atoms with Crippen LogP contribution in [0.15, 0.2) is 87.5 Å². The largest absolute Gasteiger partial charge is 0.522 e. The van der Waals surface area contributed by atoms with E-state index in [-0.39, 0.29) is 22.1 Å². The second-order valence-electron chi connectivity index (χ2n) is 10.4. The molecule has 0 unspecified atom stereocenters. The summed E-state index contributed by atoms with van der Waals surface area (Å²) in [6, 6.07) is 25.7. The first kappa shape index (κ1) is 31.5. The zero-order valence-corrected chi connectivity index (χ0v) is 24.1. The fraction of sp³-hybridized carbons (Fsp3) is 0.357. The molecular formula is C28H34F3O5S2+. The van der Waals surface area contributed by atoms with E-state index < -0.39 is 15.6 Å². The van der Waals surface area contributed by atoms with E-state index in [2.05, 4.69) is 121 Å². The number of ether oxygens (including phenoxy) is 2. The zero-order chi connectivity index (χ0) is 28.9. The highest BCUT2D eigenvalue weighted by molar-refractivity contribution is 7.97. The lowest BCUT2D eigenvalue weighted by Gasteiger charge is -2.21. The van der Waals surface area contributed by atoms with E-state index in [0.717, 1.165) is 11.5 Å². The fourth-order valence-electron chi connectivity index (χ4n) is 3.17. The first-order valence-corrected chi connectivity index (χ1v) is 14.4. The van der Waals surface area contributed by atoms with E-state index in [1.807, 2.05) is 0 Å². The van der Waals surface area contributed by atoms with E-state index in [4.69, 9.17) is 22.4 Å². The van der Waals surface area contributed by atoms with Crippen LogP contribution in [0.25, 0.3) is 0 Å². The Balaban J connectivity index is 0.000000550. The maximum Gasteiger partial charge on any atom is 0.522 e. The Kier molecular flexibility index (Phi) is 9.96. The van der Waals surface area contributed by atoms with Crippen molar-refractivity contribution in [3.05, 3.63) is 78.4 Å². The molecule has 208 valence electrons.